The van der Waals surface area contributed by atoms with E-state index in [2.05, 4.69) is 4.98 Å². The molecule has 1 amide bonds. The largest absolute Gasteiger partial charge is 0.497 e. The van der Waals surface area contributed by atoms with Gasteiger partial charge in [0, 0.05) is 24.5 Å². The molecule has 0 bridgehead atoms. The van der Waals surface area contributed by atoms with Crippen molar-refractivity contribution in [3.8, 4) is 16.3 Å². The number of aromatic nitrogens is 1. The van der Waals surface area contributed by atoms with Gasteiger partial charge in [0.1, 0.15) is 16.5 Å². The molecule has 2 rings (SSSR count). The lowest BCUT2D eigenvalue weighted by Gasteiger charge is -2.14. The predicted molar refractivity (Wildman–Crippen MR) is 83.3 cm³/mol. The number of carbonyl (C=O) groups is 2. The van der Waals surface area contributed by atoms with Gasteiger partial charge in [0.25, 0.3) is 5.91 Å². The van der Waals surface area contributed by atoms with E-state index in [1.807, 2.05) is 24.3 Å². The summed E-state index contributed by atoms with van der Waals surface area (Å²) in [6.45, 7) is 0.156. The van der Waals surface area contributed by atoms with Gasteiger partial charge < -0.3 is 14.7 Å². The normalized spacial score (nSPS) is 10.3. The minimum absolute atomic E-state index is 0.0856. The van der Waals surface area contributed by atoms with Gasteiger partial charge in [0.2, 0.25) is 0 Å². The zero-order chi connectivity index (χ0) is 16.1. The Hall–Kier alpha value is -2.41. The Morgan fingerprint density at radius 3 is 2.59 bits per heavy atom. The van der Waals surface area contributed by atoms with E-state index in [1.165, 1.54) is 16.2 Å². The Bertz CT molecular complexity index is 666. The van der Waals surface area contributed by atoms with Crippen molar-refractivity contribution in [3.05, 3.63) is 35.3 Å². The molecule has 6 nitrogen and oxygen atoms in total. The van der Waals surface area contributed by atoms with Crippen LogP contribution in [0.25, 0.3) is 10.6 Å². The number of carboxylic acid groups (broad SMARTS) is 1. The first-order chi connectivity index (χ1) is 10.5. The highest BCUT2D eigenvalue weighted by Gasteiger charge is 2.16. The van der Waals surface area contributed by atoms with Crippen LogP contribution < -0.4 is 4.74 Å². The van der Waals surface area contributed by atoms with Crippen LogP contribution in [0.5, 0.6) is 5.75 Å². The van der Waals surface area contributed by atoms with Crippen LogP contribution in [0.3, 0.4) is 0 Å². The van der Waals surface area contributed by atoms with Crippen LogP contribution in [-0.2, 0) is 4.79 Å². The topological polar surface area (TPSA) is 79.7 Å². The minimum Gasteiger partial charge on any atom is -0.497 e. The third-order valence-electron chi connectivity index (χ3n) is 3.07. The Morgan fingerprint density at radius 1 is 1.32 bits per heavy atom. The second-order valence-corrected chi connectivity index (χ2v) is 5.49. The molecule has 0 unspecified atom stereocenters. The minimum atomic E-state index is -0.933. The van der Waals surface area contributed by atoms with Gasteiger partial charge in [-0.15, -0.1) is 11.3 Å². The number of carbonyl (C=O) groups excluding carboxylic acids is 1. The average molecular weight is 320 g/mol. The number of hydrogen-bond acceptors (Lipinski definition) is 5. The highest BCUT2D eigenvalue weighted by atomic mass is 32.1. The van der Waals surface area contributed by atoms with Gasteiger partial charge in [-0.05, 0) is 24.3 Å². The first-order valence-corrected chi connectivity index (χ1v) is 7.46. The Labute approximate surface area is 132 Å². The second-order valence-electron chi connectivity index (χ2n) is 4.64. The van der Waals surface area contributed by atoms with Crippen molar-refractivity contribution in [2.24, 2.45) is 0 Å². The summed E-state index contributed by atoms with van der Waals surface area (Å²) in [7, 11) is 3.17. The van der Waals surface area contributed by atoms with Crippen molar-refractivity contribution >= 4 is 23.2 Å². The van der Waals surface area contributed by atoms with E-state index >= 15 is 0 Å². The molecule has 0 aliphatic heterocycles. The van der Waals surface area contributed by atoms with Crippen LogP contribution in [0.4, 0.5) is 0 Å². The number of amides is 1. The maximum absolute atomic E-state index is 12.2. The van der Waals surface area contributed by atoms with Crippen LogP contribution in [-0.4, -0.2) is 47.6 Å². The first kappa shape index (κ1) is 16.0. The smallest absolute Gasteiger partial charge is 0.305 e. The lowest BCUT2D eigenvalue weighted by Crippen LogP contribution is -2.29. The van der Waals surface area contributed by atoms with Gasteiger partial charge in [-0.25, -0.2) is 4.98 Å². The summed E-state index contributed by atoms with van der Waals surface area (Å²) in [5, 5.41) is 11.1. The molecule has 0 atom stereocenters. The van der Waals surface area contributed by atoms with Crippen LogP contribution in [0.2, 0.25) is 0 Å². The molecule has 7 heteroatoms. The van der Waals surface area contributed by atoms with E-state index in [-0.39, 0.29) is 18.9 Å². The van der Waals surface area contributed by atoms with Gasteiger partial charge in [-0.3, -0.25) is 9.59 Å². The Morgan fingerprint density at radius 2 is 2.00 bits per heavy atom. The van der Waals surface area contributed by atoms with Crippen molar-refractivity contribution in [1.29, 1.82) is 0 Å². The van der Waals surface area contributed by atoms with Crippen LogP contribution >= 0.6 is 11.3 Å². The third-order valence-corrected chi connectivity index (χ3v) is 3.96. The molecule has 1 N–H and O–H groups in total. The standard InChI is InChI=1S/C15H16N2O4S/c1-17(8-7-13(18)19)15(20)12-9-22-14(16-12)10-3-5-11(21-2)6-4-10/h3-6,9H,7-8H2,1-2H3,(H,18,19). The lowest BCUT2D eigenvalue weighted by atomic mass is 10.2. The number of benzene rings is 1. The fourth-order valence-electron chi connectivity index (χ4n) is 1.80. The number of rotatable bonds is 6. The van der Waals surface area contributed by atoms with E-state index in [9.17, 15) is 9.59 Å². The number of nitrogens with zero attached hydrogens (tertiary/aromatic N) is 2. The van der Waals surface area contributed by atoms with Crippen LogP contribution in [0, 0.1) is 0 Å². The van der Waals surface area contributed by atoms with Crippen molar-refractivity contribution in [1.82, 2.24) is 9.88 Å². The summed E-state index contributed by atoms with van der Waals surface area (Å²) in [5.41, 5.74) is 1.22. The van der Waals surface area contributed by atoms with Gasteiger partial charge in [0.15, 0.2) is 0 Å². The molecule has 2 aromatic rings. The van der Waals surface area contributed by atoms with E-state index in [4.69, 9.17) is 9.84 Å². The lowest BCUT2D eigenvalue weighted by molar-refractivity contribution is -0.137. The SMILES string of the molecule is COc1ccc(-c2nc(C(=O)N(C)CCC(=O)O)cs2)cc1. The zero-order valence-corrected chi connectivity index (χ0v) is 13.1. The van der Waals surface area contributed by atoms with Gasteiger partial charge in [-0.2, -0.15) is 0 Å². The summed E-state index contributed by atoms with van der Waals surface area (Å²) >= 11 is 1.37. The molecular formula is C15H16N2O4S. The molecule has 22 heavy (non-hydrogen) atoms. The van der Waals surface area contributed by atoms with E-state index in [0.717, 1.165) is 16.3 Å². The summed E-state index contributed by atoms with van der Waals surface area (Å²) in [5.74, 6) is -0.459. The van der Waals surface area contributed by atoms with E-state index in [1.54, 1.807) is 19.5 Å². The highest BCUT2D eigenvalue weighted by molar-refractivity contribution is 7.13. The summed E-state index contributed by atoms with van der Waals surface area (Å²) < 4.78 is 5.10. The van der Waals surface area contributed by atoms with Crippen molar-refractivity contribution in [2.45, 2.75) is 6.42 Å². The average Bonchev–Trinajstić information content (AvgIpc) is 3.01. The fraction of sp³-hybridized carbons (Fsp3) is 0.267. The molecule has 0 fully saturated rings. The molecule has 1 heterocycles. The third kappa shape index (κ3) is 3.82. The molecule has 0 aliphatic rings. The molecule has 0 aliphatic carbocycles. The quantitative estimate of drug-likeness (QED) is 0.884. The molecule has 0 saturated carbocycles. The van der Waals surface area contributed by atoms with Gasteiger partial charge in [0.05, 0.1) is 13.5 Å². The molecule has 1 aromatic heterocycles. The van der Waals surface area contributed by atoms with E-state index in [0.29, 0.717) is 5.69 Å². The maximum atomic E-state index is 12.2. The summed E-state index contributed by atoms with van der Waals surface area (Å²) in [6, 6.07) is 7.41. The fourth-order valence-corrected chi connectivity index (χ4v) is 2.60. The van der Waals surface area contributed by atoms with Crippen molar-refractivity contribution in [3.63, 3.8) is 0 Å². The number of aliphatic carboxylic acids is 1. The molecule has 0 saturated heterocycles. The summed E-state index contributed by atoms with van der Waals surface area (Å²) in [4.78, 5) is 28.4. The highest BCUT2D eigenvalue weighted by Crippen LogP contribution is 2.26. The van der Waals surface area contributed by atoms with Crippen LogP contribution in [0.1, 0.15) is 16.9 Å². The zero-order valence-electron chi connectivity index (χ0n) is 12.3. The van der Waals surface area contributed by atoms with Gasteiger partial charge in [-0.1, -0.05) is 0 Å². The maximum Gasteiger partial charge on any atom is 0.305 e. The predicted octanol–water partition coefficient (Wildman–Crippen LogP) is 2.37. The Kier molecular flexibility index (Phi) is 5.11. The monoisotopic (exact) mass is 320 g/mol. The second kappa shape index (κ2) is 7.04. The molecular weight excluding hydrogens is 304 g/mol. The molecule has 1 aromatic carbocycles. The van der Waals surface area contributed by atoms with Crippen molar-refractivity contribution < 1.29 is 19.4 Å². The van der Waals surface area contributed by atoms with Gasteiger partial charge >= 0.3 is 5.97 Å². The van der Waals surface area contributed by atoms with Crippen molar-refractivity contribution in [2.75, 3.05) is 20.7 Å². The number of carboxylic acids is 1. The van der Waals surface area contributed by atoms with Crippen LogP contribution in [0.15, 0.2) is 29.6 Å². The first-order valence-electron chi connectivity index (χ1n) is 6.58. The molecule has 0 radical (unpaired) electrons. The number of thiazole rings is 1. The summed E-state index contributed by atoms with van der Waals surface area (Å²) in [6.07, 6.45) is -0.0856. The number of hydrogen-bond donors (Lipinski definition) is 1. The molecule has 116 valence electrons. The number of ether oxygens (including phenoxy) is 1. The Balaban J connectivity index is 2.09. The van der Waals surface area contributed by atoms with E-state index < -0.39 is 5.97 Å². The number of methoxy groups -OCH3 is 1. The molecule has 0 spiro atoms.